The highest BCUT2D eigenvalue weighted by Gasteiger charge is 2.17. The van der Waals surface area contributed by atoms with E-state index in [1.165, 1.54) is 0 Å². The molecule has 0 fully saturated rings. The molecule has 0 saturated heterocycles. The van der Waals surface area contributed by atoms with Gasteiger partial charge >= 0.3 is 5.63 Å². The van der Waals surface area contributed by atoms with Gasteiger partial charge in [-0.15, -0.1) is 21.5 Å². The molecule has 0 radical (unpaired) electrons. The number of rotatable bonds is 5. The number of hydrogen-bond donors (Lipinski definition) is 0. The summed E-state index contributed by atoms with van der Waals surface area (Å²) >= 11 is 3.19. The average Bonchev–Trinajstić information content (AvgIpc) is 3.42. The number of benzene rings is 2. The van der Waals surface area contributed by atoms with Gasteiger partial charge in [-0.05, 0) is 47.7 Å². The first-order valence-corrected chi connectivity index (χ1v) is 11.3. The van der Waals surface area contributed by atoms with E-state index in [0.717, 1.165) is 38.1 Å². The van der Waals surface area contributed by atoms with Crippen molar-refractivity contribution in [3.63, 3.8) is 0 Å². The molecule has 5 rings (SSSR count). The van der Waals surface area contributed by atoms with Gasteiger partial charge in [-0.2, -0.15) is 0 Å². The molecule has 0 amide bonds. The van der Waals surface area contributed by atoms with E-state index in [0.29, 0.717) is 11.3 Å². The fraction of sp³-hybridized carbons (Fsp3) is 0.0870. The summed E-state index contributed by atoms with van der Waals surface area (Å²) in [5.41, 5.74) is 3.25. The van der Waals surface area contributed by atoms with Crippen molar-refractivity contribution in [1.29, 1.82) is 0 Å². The van der Waals surface area contributed by atoms with Gasteiger partial charge in [0, 0.05) is 22.9 Å². The Morgan fingerprint density at radius 1 is 1.03 bits per heavy atom. The first-order chi connectivity index (χ1) is 14.7. The molecule has 0 spiro atoms. The lowest BCUT2D eigenvalue weighted by Gasteiger charge is -2.10. The Labute approximate surface area is 181 Å². The maximum absolute atomic E-state index is 12.1. The molecule has 0 aliphatic rings. The summed E-state index contributed by atoms with van der Waals surface area (Å²) in [5.74, 6) is 1.40. The normalized spacial score (nSPS) is 11.2. The zero-order valence-electron chi connectivity index (χ0n) is 16.1. The largest absolute Gasteiger partial charge is 0.423 e. The summed E-state index contributed by atoms with van der Waals surface area (Å²) in [4.78, 5) is 13.1. The SMILES string of the molecule is Cc1ccc2c(CSc3nnc(-c4cccs4)n3-c3ccccc3)cc(=O)oc2c1. The Kier molecular flexibility index (Phi) is 4.98. The minimum Gasteiger partial charge on any atom is -0.423 e. The third-order valence-corrected chi connectivity index (χ3v) is 6.58. The van der Waals surface area contributed by atoms with Crippen molar-refractivity contribution < 1.29 is 4.42 Å². The number of thioether (sulfide) groups is 1. The van der Waals surface area contributed by atoms with Crippen LogP contribution < -0.4 is 5.63 Å². The Balaban J connectivity index is 1.55. The molecule has 3 heterocycles. The Morgan fingerprint density at radius 3 is 2.70 bits per heavy atom. The number of para-hydroxylation sites is 1. The third-order valence-electron chi connectivity index (χ3n) is 4.73. The lowest BCUT2D eigenvalue weighted by molar-refractivity contribution is 0.559. The van der Waals surface area contributed by atoms with Crippen LogP contribution in [0.15, 0.2) is 86.5 Å². The van der Waals surface area contributed by atoms with Crippen LogP contribution in [0.1, 0.15) is 11.1 Å². The zero-order chi connectivity index (χ0) is 20.5. The monoisotopic (exact) mass is 431 g/mol. The van der Waals surface area contributed by atoms with Gasteiger partial charge in [-0.1, -0.05) is 48.2 Å². The molecule has 0 atom stereocenters. The second-order valence-electron chi connectivity index (χ2n) is 6.83. The van der Waals surface area contributed by atoms with Crippen LogP contribution in [0, 0.1) is 6.92 Å². The summed E-state index contributed by atoms with van der Waals surface area (Å²) in [5, 5.41) is 12.7. The van der Waals surface area contributed by atoms with E-state index in [-0.39, 0.29) is 5.63 Å². The first-order valence-electron chi connectivity index (χ1n) is 9.40. The summed E-state index contributed by atoms with van der Waals surface area (Å²) in [6.07, 6.45) is 0. The van der Waals surface area contributed by atoms with Crippen molar-refractivity contribution in [2.75, 3.05) is 0 Å². The minimum absolute atomic E-state index is 0.340. The number of fused-ring (bicyclic) bond motifs is 1. The highest BCUT2D eigenvalue weighted by Crippen LogP contribution is 2.32. The predicted octanol–water partition coefficient (Wildman–Crippen LogP) is 5.70. The molecule has 0 unspecified atom stereocenters. The first kappa shape index (κ1) is 18.8. The fourth-order valence-corrected chi connectivity index (χ4v) is 4.98. The summed E-state index contributed by atoms with van der Waals surface area (Å²) in [7, 11) is 0. The van der Waals surface area contributed by atoms with Crippen molar-refractivity contribution in [2.45, 2.75) is 17.8 Å². The highest BCUT2D eigenvalue weighted by molar-refractivity contribution is 7.98. The van der Waals surface area contributed by atoms with E-state index in [1.807, 2.05) is 73.0 Å². The van der Waals surface area contributed by atoms with Crippen LogP contribution in [0.4, 0.5) is 0 Å². The smallest absolute Gasteiger partial charge is 0.336 e. The molecule has 0 aliphatic heterocycles. The second-order valence-corrected chi connectivity index (χ2v) is 8.72. The van der Waals surface area contributed by atoms with Crippen molar-refractivity contribution in [2.24, 2.45) is 0 Å². The van der Waals surface area contributed by atoms with Crippen LogP contribution >= 0.6 is 23.1 Å². The molecular formula is C23H17N3O2S2. The number of thiophene rings is 1. The maximum Gasteiger partial charge on any atom is 0.336 e. The molecule has 7 heteroatoms. The molecule has 0 saturated carbocycles. The minimum atomic E-state index is -0.340. The van der Waals surface area contributed by atoms with Crippen LogP contribution in [-0.2, 0) is 5.75 Å². The predicted molar refractivity (Wildman–Crippen MR) is 121 cm³/mol. The molecule has 0 N–H and O–H groups in total. The van der Waals surface area contributed by atoms with Gasteiger partial charge in [-0.25, -0.2) is 4.79 Å². The van der Waals surface area contributed by atoms with Crippen LogP contribution in [-0.4, -0.2) is 14.8 Å². The van der Waals surface area contributed by atoms with Gasteiger partial charge < -0.3 is 4.42 Å². The van der Waals surface area contributed by atoms with Gasteiger partial charge in [0.1, 0.15) is 5.58 Å². The van der Waals surface area contributed by atoms with Gasteiger partial charge in [0.25, 0.3) is 0 Å². The van der Waals surface area contributed by atoms with Crippen molar-refractivity contribution in [3.05, 3.63) is 93.7 Å². The summed E-state index contributed by atoms with van der Waals surface area (Å²) in [6.45, 7) is 1.98. The Morgan fingerprint density at radius 2 is 1.90 bits per heavy atom. The number of aryl methyl sites for hydroxylation is 1. The average molecular weight is 432 g/mol. The second kappa shape index (κ2) is 7.93. The van der Waals surface area contributed by atoms with Crippen LogP contribution in [0.2, 0.25) is 0 Å². The van der Waals surface area contributed by atoms with Gasteiger partial charge in [0.15, 0.2) is 11.0 Å². The van der Waals surface area contributed by atoms with Crippen LogP contribution in [0.5, 0.6) is 0 Å². The van der Waals surface area contributed by atoms with Crippen LogP contribution in [0.3, 0.4) is 0 Å². The van der Waals surface area contributed by atoms with Gasteiger partial charge in [-0.3, -0.25) is 4.57 Å². The fourth-order valence-electron chi connectivity index (χ4n) is 3.34. The van der Waals surface area contributed by atoms with Gasteiger partial charge in [0.05, 0.1) is 4.88 Å². The molecule has 0 bridgehead atoms. The molecule has 5 aromatic rings. The molecule has 30 heavy (non-hydrogen) atoms. The maximum atomic E-state index is 12.1. The van der Waals surface area contributed by atoms with E-state index in [4.69, 9.17) is 4.42 Å². The van der Waals surface area contributed by atoms with E-state index >= 15 is 0 Å². The van der Waals surface area contributed by atoms with Crippen molar-refractivity contribution in [3.8, 4) is 16.4 Å². The summed E-state index contributed by atoms with van der Waals surface area (Å²) < 4.78 is 7.45. The standard InChI is InChI=1S/C23H17N3O2S2/c1-15-9-10-18-16(13-21(27)28-19(18)12-15)14-30-23-25-24-22(20-8-5-11-29-20)26(23)17-6-3-2-4-7-17/h2-13H,14H2,1H3. The molecule has 2 aromatic carbocycles. The van der Waals surface area contributed by atoms with Gasteiger partial charge in [0.2, 0.25) is 0 Å². The molecular weight excluding hydrogens is 414 g/mol. The third kappa shape index (κ3) is 3.58. The molecule has 148 valence electrons. The van der Waals surface area contributed by atoms with E-state index < -0.39 is 0 Å². The number of hydrogen-bond acceptors (Lipinski definition) is 6. The number of aromatic nitrogens is 3. The number of nitrogens with zero attached hydrogens (tertiary/aromatic N) is 3. The van der Waals surface area contributed by atoms with Crippen LogP contribution in [0.25, 0.3) is 27.4 Å². The van der Waals surface area contributed by atoms with E-state index in [9.17, 15) is 4.79 Å². The van der Waals surface area contributed by atoms with E-state index in [2.05, 4.69) is 14.8 Å². The Hall–Kier alpha value is -3.16. The lowest BCUT2D eigenvalue weighted by Crippen LogP contribution is -2.01. The highest BCUT2D eigenvalue weighted by atomic mass is 32.2. The van der Waals surface area contributed by atoms with E-state index in [1.54, 1.807) is 29.2 Å². The summed E-state index contributed by atoms with van der Waals surface area (Å²) in [6, 6.07) is 21.6. The topological polar surface area (TPSA) is 60.9 Å². The zero-order valence-corrected chi connectivity index (χ0v) is 17.7. The molecule has 0 aliphatic carbocycles. The van der Waals surface area contributed by atoms with Crippen molar-refractivity contribution >= 4 is 34.1 Å². The van der Waals surface area contributed by atoms with Crippen molar-refractivity contribution in [1.82, 2.24) is 14.8 Å². The molecule has 5 nitrogen and oxygen atoms in total. The Bertz CT molecular complexity index is 1370. The quantitative estimate of drug-likeness (QED) is 0.264. The lowest BCUT2D eigenvalue weighted by atomic mass is 10.1. The molecule has 3 aromatic heterocycles.